The molecule has 1 rings (SSSR count). The molecule has 3 nitrogen and oxygen atoms in total. The fourth-order valence-electron chi connectivity index (χ4n) is 1.94. The predicted octanol–water partition coefficient (Wildman–Crippen LogP) is 1.49. The Hall–Kier alpha value is -0.120. The zero-order valence-corrected chi connectivity index (χ0v) is 10.5. The summed E-state index contributed by atoms with van der Waals surface area (Å²) >= 11 is 0. The average Bonchev–Trinajstić information content (AvgIpc) is 2.76. The summed E-state index contributed by atoms with van der Waals surface area (Å²) in [7, 11) is 2.21. The van der Waals surface area contributed by atoms with Gasteiger partial charge in [-0.15, -0.1) is 0 Å². The maximum Gasteiger partial charge on any atom is 0.0622 e. The number of rotatable bonds is 7. The van der Waals surface area contributed by atoms with Crippen molar-refractivity contribution in [2.24, 2.45) is 0 Å². The summed E-state index contributed by atoms with van der Waals surface area (Å²) in [6.07, 6.45) is 3.65. The molecule has 1 N–H and O–H groups in total. The van der Waals surface area contributed by atoms with Crippen LogP contribution in [-0.2, 0) is 4.74 Å². The van der Waals surface area contributed by atoms with Crippen molar-refractivity contribution in [1.29, 1.82) is 0 Å². The van der Waals surface area contributed by atoms with E-state index in [1.807, 2.05) is 0 Å². The van der Waals surface area contributed by atoms with Gasteiger partial charge in [0.15, 0.2) is 0 Å². The maximum absolute atomic E-state index is 5.39. The van der Waals surface area contributed by atoms with Crippen molar-refractivity contribution in [3.05, 3.63) is 0 Å². The van der Waals surface area contributed by atoms with Crippen LogP contribution < -0.4 is 5.32 Å². The summed E-state index contributed by atoms with van der Waals surface area (Å²) in [4.78, 5) is 2.44. The van der Waals surface area contributed by atoms with Crippen LogP contribution in [0.4, 0.5) is 0 Å². The van der Waals surface area contributed by atoms with E-state index in [4.69, 9.17) is 4.74 Å². The molecule has 3 heteroatoms. The Morgan fingerprint density at radius 3 is 2.93 bits per heavy atom. The monoisotopic (exact) mass is 214 g/mol. The van der Waals surface area contributed by atoms with Crippen LogP contribution in [0.25, 0.3) is 0 Å². The van der Waals surface area contributed by atoms with Crippen LogP contribution in [0.3, 0.4) is 0 Å². The normalized spacial score (nSPS) is 23.6. The van der Waals surface area contributed by atoms with Crippen LogP contribution in [0.1, 0.15) is 33.1 Å². The summed E-state index contributed by atoms with van der Waals surface area (Å²) in [5.41, 5.74) is 0. The first-order valence-corrected chi connectivity index (χ1v) is 6.25. The fourth-order valence-corrected chi connectivity index (χ4v) is 1.94. The van der Waals surface area contributed by atoms with E-state index in [1.54, 1.807) is 0 Å². The minimum atomic E-state index is 0.634. The van der Waals surface area contributed by atoms with Gasteiger partial charge in [-0.3, -0.25) is 0 Å². The van der Waals surface area contributed by atoms with Gasteiger partial charge in [0.1, 0.15) is 0 Å². The quantitative estimate of drug-likeness (QED) is 0.695. The molecule has 0 aromatic carbocycles. The molecule has 2 unspecified atom stereocenters. The molecule has 0 aliphatic carbocycles. The number of nitrogens with one attached hydrogen (secondary N) is 1. The lowest BCUT2D eigenvalue weighted by molar-refractivity contribution is 0.157. The summed E-state index contributed by atoms with van der Waals surface area (Å²) in [6.45, 7) is 8.66. The van der Waals surface area contributed by atoms with E-state index in [0.29, 0.717) is 12.1 Å². The molecule has 0 spiro atoms. The van der Waals surface area contributed by atoms with Gasteiger partial charge in [0, 0.05) is 18.7 Å². The Morgan fingerprint density at radius 1 is 1.53 bits per heavy atom. The fraction of sp³-hybridized carbons (Fsp3) is 1.00. The topological polar surface area (TPSA) is 24.5 Å². The Balaban J connectivity index is 2.07. The lowest BCUT2D eigenvalue weighted by Gasteiger charge is -2.24. The highest BCUT2D eigenvalue weighted by atomic mass is 16.5. The smallest absolute Gasteiger partial charge is 0.0622 e. The summed E-state index contributed by atoms with van der Waals surface area (Å²) < 4.78 is 5.39. The first kappa shape index (κ1) is 12.9. The molecular weight excluding hydrogens is 188 g/mol. The zero-order chi connectivity index (χ0) is 11.1. The molecule has 0 radical (unpaired) electrons. The Morgan fingerprint density at radius 2 is 2.33 bits per heavy atom. The van der Waals surface area contributed by atoms with Crippen LogP contribution in [-0.4, -0.2) is 50.3 Å². The van der Waals surface area contributed by atoms with E-state index >= 15 is 0 Å². The van der Waals surface area contributed by atoms with E-state index in [2.05, 4.69) is 31.1 Å². The number of ether oxygens (including phenoxy) is 1. The minimum absolute atomic E-state index is 0.634. The van der Waals surface area contributed by atoms with Gasteiger partial charge in [0.2, 0.25) is 0 Å². The highest BCUT2D eigenvalue weighted by molar-refractivity contribution is 4.74. The molecule has 0 amide bonds. The number of hydrogen-bond donors (Lipinski definition) is 1. The first-order chi connectivity index (χ1) is 7.24. The Labute approximate surface area is 94.2 Å². The molecule has 2 atom stereocenters. The second-order valence-electron chi connectivity index (χ2n) is 4.64. The van der Waals surface area contributed by atoms with Gasteiger partial charge in [0.25, 0.3) is 0 Å². The maximum atomic E-state index is 5.39. The van der Waals surface area contributed by atoms with Crippen molar-refractivity contribution in [3.63, 3.8) is 0 Å². The molecule has 90 valence electrons. The molecule has 1 fully saturated rings. The SMILES string of the molecule is CCCNC(C)CCN(C)C1CCOC1. The number of hydrogen-bond acceptors (Lipinski definition) is 3. The van der Waals surface area contributed by atoms with Gasteiger partial charge in [0.05, 0.1) is 6.61 Å². The third kappa shape index (κ3) is 4.96. The average molecular weight is 214 g/mol. The van der Waals surface area contributed by atoms with Gasteiger partial charge in [-0.05, 0) is 46.3 Å². The van der Waals surface area contributed by atoms with E-state index < -0.39 is 0 Å². The van der Waals surface area contributed by atoms with Crippen molar-refractivity contribution in [1.82, 2.24) is 10.2 Å². The van der Waals surface area contributed by atoms with Crippen LogP contribution in [0.5, 0.6) is 0 Å². The van der Waals surface area contributed by atoms with E-state index in [0.717, 1.165) is 19.8 Å². The summed E-state index contributed by atoms with van der Waals surface area (Å²) in [5.74, 6) is 0. The van der Waals surface area contributed by atoms with Gasteiger partial charge < -0.3 is 15.0 Å². The van der Waals surface area contributed by atoms with Crippen LogP contribution in [0.15, 0.2) is 0 Å². The van der Waals surface area contributed by atoms with Crippen LogP contribution >= 0.6 is 0 Å². The Bertz CT molecular complexity index is 158. The van der Waals surface area contributed by atoms with Crippen molar-refractivity contribution in [3.8, 4) is 0 Å². The van der Waals surface area contributed by atoms with Gasteiger partial charge >= 0.3 is 0 Å². The summed E-state index contributed by atoms with van der Waals surface area (Å²) in [6, 6.07) is 1.29. The van der Waals surface area contributed by atoms with Crippen molar-refractivity contribution < 1.29 is 4.74 Å². The second-order valence-corrected chi connectivity index (χ2v) is 4.64. The van der Waals surface area contributed by atoms with E-state index in [-0.39, 0.29) is 0 Å². The largest absolute Gasteiger partial charge is 0.380 e. The Kier molecular flexibility index (Phi) is 6.22. The van der Waals surface area contributed by atoms with Crippen LogP contribution in [0, 0.1) is 0 Å². The van der Waals surface area contributed by atoms with Crippen LogP contribution in [0.2, 0.25) is 0 Å². The molecule has 15 heavy (non-hydrogen) atoms. The van der Waals surface area contributed by atoms with E-state index in [9.17, 15) is 0 Å². The van der Waals surface area contributed by atoms with Gasteiger partial charge in [-0.2, -0.15) is 0 Å². The van der Waals surface area contributed by atoms with Gasteiger partial charge in [-0.1, -0.05) is 6.92 Å². The molecule has 0 saturated carbocycles. The van der Waals surface area contributed by atoms with Gasteiger partial charge in [-0.25, -0.2) is 0 Å². The predicted molar refractivity (Wildman–Crippen MR) is 64.2 cm³/mol. The molecule has 1 aliphatic heterocycles. The third-order valence-electron chi connectivity index (χ3n) is 3.19. The molecule has 0 aromatic rings. The molecule has 0 aromatic heterocycles. The molecule has 0 bridgehead atoms. The molecule has 1 heterocycles. The highest BCUT2D eigenvalue weighted by Gasteiger charge is 2.19. The standard InChI is InChI=1S/C12H26N2O/c1-4-7-13-11(2)5-8-14(3)12-6-9-15-10-12/h11-13H,4-10H2,1-3H3. The van der Waals surface area contributed by atoms with E-state index in [1.165, 1.54) is 25.8 Å². The number of nitrogens with zero attached hydrogens (tertiary/aromatic N) is 1. The lowest BCUT2D eigenvalue weighted by Crippen LogP contribution is -2.36. The summed E-state index contributed by atoms with van der Waals surface area (Å²) in [5, 5.41) is 3.52. The lowest BCUT2D eigenvalue weighted by atomic mass is 10.2. The third-order valence-corrected chi connectivity index (χ3v) is 3.19. The van der Waals surface area contributed by atoms with Crippen molar-refractivity contribution in [2.45, 2.75) is 45.2 Å². The van der Waals surface area contributed by atoms with Crippen molar-refractivity contribution in [2.75, 3.05) is 33.4 Å². The molecule has 1 aliphatic rings. The minimum Gasteiger partial charge on any atom is -0.380 e. The van der Waals surface area contributed by atoms with Crippen molar-refractivity contribution >= 4 is 0 Å². The molecule has 1 saturated heterocycles. The molecular formula is C12H26N2O. The zero-order valence-electron chi connectivity index (χ0n) is 10.5. The highest BCUT2D eigenvalue weighted by Crippen LogP contribution is 2.11. The second kappa shape index (κ2) is 7.20. The number of likely N-dealkylation sites (N-methyl/N-ethyl adjacent to an activating group) is 1. The first-order valence-electron chi connectivity index (χ1n) is 6.25.